The second-order valence-electron chi connectivity index (χ2n) is 5.22. The minimum atomic E-state index is -0.433. The highest BCUT2D eigenvalue weighted by Crippen LogP contribution is 2.54. The zero-order chi connectivity index (χ0) is 13.0. The molecule has 1 N–H and O–H groups in total. The molecule has 2 aliphatic carbocycles. The van der Waals surface area contributed by atoms with Crippen LogP contribution in [0.2, 0.25) is 0 Å². The maximum atomic E-state index is 12.7. The van der Waals surface area contributed by atoms with Gasteiger partial charge in [0.05, 0.1) is 11.9 Å². The van der Waals surface area contributed by atoms with E-state index < -0.39 is 5.82 Å². The fourth-order valence-electron chi connectivity index (χ4n) is 2.96. The van der Waals surface area contributed by atoms with Gasteiger partial charge >= 0.3 is 0 Å². The highest BCUT2D eigenvalue weighted by molar-refractivity contribution is 6.48. The minimum Gasteiger partial charge on any atom is -0.305 e. The van der Waals surface area contributed by atoms with Crippen molar-refractivity contribution in [3.63, 3.8) is 0 Å². The summed E-state index contributed by atoms with van der Waals surface area (Å²) in [5, 5.41) is 10.8. The lowest BCUT2D eigenvalue weighted by Gasteiger charge is -2.10. The Morgan fingerprint density at radius 2 is 2.21 bits per heavy atom. The van der Waals surface area contributed by atoms with Gasteiger partial charge in [-0.1, -0.05) is 0 Å². The van der Waals surface area contributed by atoms with Crippen LogP contribution in [0.1, 0.15) is 12.8 Å². The first kappa shape index (κ1) is 10.8. The van der Waals surface area contributed by atoms with Crippen molar-refractivity contribution in [3.05, 3.63) is 24.1 Å². The van der Waals surface area contributed by atoms with Crippen LogP contribution in [0.4, 0.5) is 10.2 Å². The smallest absolute Gasteiger partial charge is 0.273 e. The third-order valence-corrected chi connectivity index (χ3v) is 4.00. The van der Waals surface area contributed by atoms with Gasteiger partial charge in [0.1, 0.15) is 17.3 Å². The van der Waals surface area contributed by atoms with E-state index in [1.54, 1.807) is 0 Å². The van der Waals surface area contributed by atoms with E-state index in [1.165, 1.54) is 18.6 Å². The maximum absolute atomic E-state index is 12.7. The molecule has 0 radical (unpaired) electrons. The highest BCUT2D eigenvalue weighted by Gasteiger charge is 2.55. The van der Waals surface area contributed by atoms with Crippen molar-refractivity contribution in [2.45, 2.75) is 12.8 Å². The van der Waals surface area contributed by atoms with E-state index in [1.807, 2.05) is 0 Å². The molecule has 4 rings (SSSR count). The summed E-state index contributed by atoms with van der Waals surface area (Å²) in [6, 6.07) is 2.68. The Bertz CT molecular complexity index is 622. The first-order valence-corrected chi connectivity index (χ1v) is 6.30. The van der Waals surface area contributed by atoms with Crippen molar-refractivity contribution >= 4 is 23.1 Å². The summed E-state index contributed by atoms with van der Waals surface area (Å²) in [4.78, 5) is 15.9. The van der Waals surface area contributed by atoms with Gasteiger partial charge in [0.2, 0.25) is 0 Å². The zero-order valence-corrected chi connectivity index (χ0v) is 10.0. The zero-order valence-electron chi connectivity index (χ0n) is 10.0. The molecule has 3 atom stereocenters. The molecule has 96 valence electrons. The molecule has 6 heteroatoms. The van der Waals surface area contributed by atoms with E-state index in [-0.39, 0.29) is 11.8 Å². The number of carbonyl (C=O) groups is 1. The number of halogens is 1. The molecule has 2 fully saturated rings. The molecule has 0 spiro atoms. The Balaban J connectivity index is 1.49. The van der Waals surface area contributed by atoms with Gasteiger partial charge in [0.15, 0.2) is 0 Å². The number of pyridine rings is 1. The lowest BCUT2D eigenvalue weighted by Crippen LogP contribution is -2.30. The summed E-state index contributed by atoms with van der Waals surface area (Å²) < 4.78 is 12.7. The number of hydrogen-bond acceptors (Lipinski definition) is 4. The first-order chi connectivity index (χ1) is 9.22. The minimum absolute atomic E-state index is 0.0872. The van der Waals surface area contributed by atoms with Crippen LogP contribution >= 0.6 is 0 Å². The van der Waals surface area contributed by atoms with Crippen LogP contribution < -0.4 is 5.32 Å². The number of anilines is 1. The molecule has 19 heavy (non-hydrogen) atoms. The summed E-state index contributed by atoms with van der Waals surface area (Å²) >= 11 is 0. The first-order valence-electron chi connectivity index (χ1n) is 6.30. The number of amides is 1. The van der Waals surface area contributed by atoms with Crippen LogP contribution in [0.3, 0.4) is 0 Å². The number of nitrogens with zero attached hydrogens (tertiary/aromatic N) is 3. The predicted molar refractivity (Wildman–Crippen MR) is 67.4 cm³/mol. The van der Waals surface area contributed by atoms with E-state index in [9.17, 15) is 9.18 Å². The fourth-order valence-corrected chi connectivity index (χ4v) is 2.96. The predicted octanol–water partition coefficient (Wildman–Crippen LogP) is 1.63. The monoisotopic (exact) mass is 258 g/mol. The second kappa shape index (κ2) is 3.69. The summed E-state index contributed by atoms with van der Waals surface area (Å²) in [5.74, 6) is 0.950. The van der Waals surface area contributed by atoms with Gasteiger partial charge in [-0.2, -0.15) is 5.10 Å². The average molecular weight is 258 g/mol. The van der Waals surface area contributed by atoms with Gasteiger partial charge in [-0.25, -0.2) is 9.37 Å². The van der Waals surface area contributed by atoms with Crippen molar-refractivity contribution in [3.8, 4) is 0 Å². The lowest BCUT2D eigenvalue weighted by molar-refractivity contribution is -0.110. The van der Waals surface area contributed by atoms with Crippen LogP contribution in [-0.4, -0.2) is 22.3 Å². The molecule has 5 nitrogen and oxygen atoms in total. The van der Waals surface area contributed by atoms with Crippen LogP contribution in [0, 0.1) is 23.6 Å². The van der Waals surface area contributed by atoms with Crippen LogP contribution in [-0.2, 0) is 4.79 Å². The molecular weight excluding hydrogens is 247 g/mol. The highest BCUT2D eigenvalue weighted by atomic mass is 19.1. The molecule has 1 aliphatic heterocycles. The van der Waals surface area contributed by atoms with Crippen molar-refractivity contribution in [2.24, 2.45) is 28.0 Å². The normalized spacial score (nSPS) is 30.3. The van der Waals surface area contributed by atoms with Crippen LogP contribution in [0.25, 0.3) is 0 Å². The van der Waals surface area contributed by atoms with Gasteiger partial charge < -0.3 is 5.32 Å². The molecule has 1 aromatic heterocycles. The van der Waals surface area contributed by atoms with Crippen molar-refractivity contribution in [1.29, 1.82) is 0 Å². The number of nitrogens with one attached hydrogen (secondary N) is 1. The number of rotatable bonds is 2. The molecule has 3 unspecified atom stereocenters. The molecule has 0 bridgehead atoms. The summed E-state index contributed by atoms with van der Waals surface area (Å²) in [7, 11) is 0. The number of carbonyl (C=O) groups excluding carboxylic acids is 1. The second-order valence-corrected chi connectivity index (χ2v) is 5.22. The Morgan fingerprint density at radius 3 is 3.00 bits per heavy atom. The summed E-state index contributed by atoms with van der Waals surface area (Å²) in [6.45, 7) is 0. The molecule has 1 amide bonds. The van der Waals surface area contributed by atoms with Crippen molar-refractivity contribution < 1.29 is 9.18 Å². The molecule has 3 aliphatic rings. The summed E-state index contributed by atoms with van der Waals surface area (Å²) in [5.41, 5.74) is 1.54. The Labute approximate surface area is 108 Å². The third kappa shape index (κ3) is 1.67. The lowest BCUT2D eigenvalue weighted by atomic mass is 9.96. The van der Waals surface area contributed by atoms with E-state index in [0.717, 1.165) is 18.3 Å². The third-order valence-electron chi connectivity index (χ3n) is 4.00. The number of fused-ring (bicyclic) bond motifs is 3. The average Bonchev–Trinajstić information content (AvgIpc) is 2.89. The maximum Gasteiger partial charge on any atom is 0.273 e. The van der Waals surface area contributed by atoms with E-state index in [2.05, 4.69) is 20.5 Å². The molecular formula is C13H11FN4O. The Morgan fingerprint density at radius 1 is 1.32 bits per heavy atom. The molecule has 2 heterocycles. The fraction of sp³-hybridized carbons (Fsp3) is 0.385. The van der Waals surface area contributed by atoms with Crippen LogP contribution in [0.15, 0.2) is 28.5 Å². The summed E-state index contributed by atoms with van der Waals surface area (Å²) in [6.07, 6.45) is 3.24. The van der Waals surface area contributed by atoms with Gasteiger partial charge in [0.25, 0.3) is 5.91 Å². The van der Waals surface area contributed by atoms with Crippen LogP contribution in [0.5, 0.6) is 0 Å². The van der Waals surface area contributed by atoms with Gasteiger partial charge in [-0.3, -0.25) is 4.79 Å². The molecule has 1 aromatic rings. The largest absolute Gasteiger partial charge is 0.305 e. The van der Waals surface area contributed by atoms with Gasteiger partial charge in [-0.15, -0.1) is 5.10 Å². The topological polar surface area (TPSA) is 66.7 Å². The standard InChI is InChI=1S/C13H11FN4O/c14-7-1-2-10(15-5-7)16-13(19)12-9-4-6-3-8(6)11(9)17-18-12/h1-2,5-6,8-9H,3-4H2,(H,15,16,19). The number of hydrogen-bond donors (Lipinski definition) is 1. The van der Waals surface area contributed by atoms with E-state index in [4.69, 9.17) is 0 Å². The Kier molecular flexibility index (Phi) is 2.09. The van der Waals surface area contributed by atoms with E-state index >= 15 is 0 Å². The molecule has 2 saturated carbocycles. The molecule has 0 aromatic carbocycles. The van der Waals surface area contributed by atoms with Gasteiger partial charge in [0, 0.05) is 11.8 Å². The molecule has 0 saturated heterocycles. The van der Waals surface area contributed by atoms with Crippen molar-refractivity contribution in [2.75, 3.05) is 5.32 Å². The number of aromatic nitrogens is 1. The Hall–Kier alpha value is -2.11. The quantitative estimate of drug-likeness (QED) is 0.876. The van der Waals surface area contributed by atoms with Crippen molar-refractivity contribution in [1.82, 2.24) is 4.98 Å². The SMILES string of the molecule is O=C(Nc1ccc(F)cn1)C1=NN=C2C1CC1CC21. The van der Waals surface area contributed by atoms with Gasteiger partial charge in [-0.05, 0) is 30.9 Å². The van der Waals surface area contributed by atoms with E-state index in [0.29, 0.717) is 23.4 Å².